The molecule has 5 saturated heterocycles. The van der Waals surface area contributed by atoms with Crippen molar-refractivity contribution in [2.24, 2.45) is 5.92 Å². The van der Waals surface area contributed by atoms with Crippen molar-refractivity contribution in [3.8, 4) is 11.3 Å². The molecule has 9 heterocycles. The van der Waals surface area contributed by atoms with E-state index in [2.05, 4.69) is 52.5 Å². The number of benzene rings is 2. The van der Waals surface area contributed by atoms with Gasteiger partial charge in [-0.25, -0.2) is 19.2 Å². The van der Waals surface area contributed by atoms with Gasteiger partial charge < -0.3 is 34.4 Å². The second-order valence-electron chi connectivity index (χ2n) is 22.6. The van der Waals surface area contributed by atoms with Crippen molar-refractivity contribution in [1.82, 2.24) is 44.4 Å². The van der Waals surface area contributed by atoms with Crippen LogP contribution in [0.15, 0.2) is 73.2 Å². The van der Waals surface area contributed by atoms with Crippen LogP contribution in [-0.4, -0.2) is 133 Å². The van der Waals surface area contributed by atoms with Gasteiger partial charge in [0.05, 0.1) is 34.6 Å². The molecule has 3 aromatic heterocycles. The zero-order valence-electron chi connectivity index (χ0n) is 43.2. The number of hydrogen-bond donors (Lipinski definition) is 2. The van der Waals surface area contributed by atoms with E-state index in [0.717, 1.165) is 77.9 Å². The lowest BCUT2D eigenvalue weighted by Gasteiger charge is -2.48. The third-order valence-corrected chi connectivity index (χ3v) is 18.0. The highest BCUT2D eigenvalue weighted by Gasteiger charge is 2.56. The summed E-state index contributed by atoms with van der Waals surface area (Å²) in [6, 6.07) is 19.5. The molecule has 1 aliphatic carbocycles. The smallest absolute Gasteiger partial charge is 0.319 e. The number of fused-ring (bicyclic) bond motifs is 3. The highest BCUT2D eigenvalue weighted by Crippen LogP contribution is 2.52. The number of imidazole rings is 1. The SMILES string of the molecule is CC(C)n1cnc2cc(-c3ccc4c(c3)N([C@H]3C[C@@H](N5CCCCC5)C3)C(=O)C43CCN(C(=O)C4CCN(C(=O)N5CCC(c6ccc(C7CCC(=O)NC7=O)cn6)CC5)CC4)CC3)nc(Nc3ccccc3F)c21. The van der Waals surface area contributed by atoms with Gasteiger partial charge in [-0.05, 0) is 139 Å². The summed E-state index contributed by atoms with van der Waals surface area (Å²) in [5.74, 6) is -0.440. The van der Waals surface area contributed by atoms with Gasteiger partial charge in [0.15, 0.2) is 5.82 Å². The van der Waals surface area contributed by atoms with Crippen LogP contribution in [0.2, 0.25) is 0 Å². The van der Waals surface area contributed by atoms with Crippen molar-refractivity contribution in [1.29, 1.82) is 0 Å². The highest BCUT2D eigenvalue weighted by molar-refractivity contribution is 6.09. The summed E-state index contributed by atoms with van der Waals surface area (Å²) in [5, 5.41) is 5.71. The van der Waals surface area contributed by atoms with E-state index in [-0.39, 0.29) is 65.3 Å². The van der Waals surface area contributed by atoms with Gasteiger partial charge in [-0.3, -0.25) is 29.5 Å². The maximum atomic E-state index is 15.3. The molecule has 75 heavy (non-hydrogen) atoms. The number of urea groups is 1. The Hall–Kier alpha value is -6.75. The van der Waals surface area contributed by atoms with Crippen LogP contribution in [0.1, 0.15) is 132 Å². The van der Waals surface area contributed by atoms with Crippen LogP contribution in [0.25, 0.3) is 22.3 Å². The molecule has 6 aliphatic heterocycles. The second-order valence-corrected chi connectivity index (χ2v) is 22.6. The van der Waals surface area contributed by atoms with Crippen molar-refractivity contribution in [2.75, 3.05) is 62.6 Å². The van der Waals surface area contributed by atoms with E-state index < -0.39 is 5.41 Å². The van der Waals surface area contributed by atoms with Crippen molar-refractivity contribution >= 4 is 57.9 Å². The van der Waals surface area contributed by atoms with Gasteiger partial charge in [-0.15, -0.1) is 0 Å². The Morgan fingerprint density at radius 2 is 1.52 bits per heavy atom. The van der Waals surface area contributed by atoms with E-state index in [1.54, 1.807) is 30.7 Å². The largest absolute Gasteiger partial charge is 0.342 e. The van der Waals surface area contributed by atoms with Crippen molar-refractivity contribution in [2.45, 2.75) is 133 Å². The number of halogens is 1. The highest BCUT2D eigenvalue weighted by atomic mass is 19.1. The predicted octanol–water partition coefficient (Wildman–Crippen LogP) is 8.41. The number of para-hydroxylation sites is 1. The predicted molar refractivity (Wildman–Crippen MR) is 283 cm³/mol. The number of carbonyl (C=O) groups excluding carboxylic acids is 5. The molecule has 1 spiro atoms. The molecule has 1 atom stereocenters. The van der Waals surface area contributed by atoms with Crippen LogP contribution in [0.3, 0.4) is 0 Å². The molecular weight excluding hydrogens is 950 g/mol. The fraction of sp³-hybridized carbons (Fsp3) is 0.517. The summed E-state index contributed by atoms with van der Waals surface area (Å²) in [4.78, 5) is 92.6. The lowest BCUT2D eigenvalue weighted by Crippen LogP contribution is -2.58. The molecule has 16 nitrogen and oxygen atoms in total. The minimum atomic E-state index is -0.746. The van der Waals surface area contributed by atoms with Crippen LogP contribution >= 0.6 is 0 Å². The first-order valence-corrected chi connectivity index (χ1v) is 27.7. The molecule has 2 N–H and O–H groups in total. The van der Waals surface area contributed by atoms with Crippen LogP contribution in [0.4, 0.5) is 26.4 Å². The lowest BCUT2D eigenvalue weighted by molar-refractivity contribution is -0.140. The van der Waals surface area contributed by atoms with Gasteiger partial charge in [0.1, 0.15) is 11.3 Å². The maximum absolute atomic E-state index is 15.3. The maximum Gasteiger partial charge on any atom is 0.319 e. The van der Waals surface area contributed by atoms with Crippen LogP contribution in [-0.2, 0) is 24.6 Å². The lowest BCUT2D eigenvalue weighted by atomic mass is 9.73. The summed E-state index contributed by atoms with van der Waals surface area (Å²) in [7, 11) is 0. The van der Waals surface area contributed by atoms with E-state index in [1.807, 2.05) is 37.5 Å². The quantitative estimate of drug-likeness (QED) is 0.137. The van der Waals surface area contributed by atoms with E-state index >= 15 is 9.18 Å². The summed E-state index contributed by atoms with van der Waals surface area (Å²) in [6.07, 6.45) is 13.9. The zero-order valence-corrected chi connectivity index (χ0v) is 43.2. The minimum Gasteiger partial charge on any atom is -0.342 e. The number of imide groups is 1. The number of amides is 6. The molecule has 392 valence electrons. The molecule has 1 saturated carbocycles. The van der Waals surface area contributed by atoms with Crippen LogP contribution < -0.4 is 15.5 Å². The van der Waals surface area contributed by atoms with Gasteiger partial charge in [0.2, 0.25) is 23.6 Å². The van der Waals surface area contributed by atoms with Crippen molar-refractivity contribution < 1.29 is 28.4 Å². The van der Waals surface area contributed by atoms with Gasteiger partial charge in [-0.1, -0.05) is 36.8 Å². The van der Waals surface area contributed by atoms with Crippen molar-refractivity contribution in [3.05, 3.63) is 95.8 Å². The molecule has 6 fully saturated rings. The third-order valence-electron chi connectivity index (χ3n) is 18.0. The number of piperidine rings is 5. The number of nitrogens with zero attached hydrogens (tertiary/aromatic N) is 9. The number of rotatable bonds is 9. The van der Waals surface area contributed by atoms with Crippen molar-refractivity contribution in [3.63, 3.8) is 0 Å². The van der Waals surface area contributed by atoms with E-state index in [0.29, 0.717) is 101 Å². The molecule has 7 aliphatic rings. The molecular formula is C58H68FN11O5. The number of nitrogens with one attached hydrogen (secondary N) is 2. The number of pyridine rings is 2. The third kappa shape index (κ3) is 9.11. The molecule has 5 aromatic rings. The average Bonchev–Trinajstić information content (AvgIpc) is 3.96. The molecule has 1 unspecified atom stereocenters. The van der Waals surface area contributed by atoms with Crippen LogP contribution in [0.5, 0.6) is 0 Å². The Bertz CT molecular complexity index is 3010. The molecule has 6 amide bonds. The first-order chi connectivity index (χ1) is 36.4. The van der Waals surface area contributed by atoms with E-state index in [1.165, 1.54) is 25.3 Å². The summed E-state index contributed by atoms with van der Waals surface area (Å²) in [6.45, 7) is 9.69. The number of hydrogen-bond acceptors (Lipinski definition) is 10. The van der Waals surface area contributed by atoms with Gasteiger partial charge in [0, 0.05) is 98.8 Å². The Kier molecular flexibility index (Phi) is 13.2. The Morgan fingerprint density at radius 1 is 0.787 bits per heavy atom. The number of likely N-dealkylation sites (tertiary alicyclic amines) is 4. The number of carbonyl (C=O) groups is 5. The molecule has 0 bridgehead atoms. The van der Waals surface area contributed by atoms with Gasteiger partial charge in [-0.2, -0.15) is 0 Å². The minimum absolute atomic E-state index is 0.0261. The standard InChI is InChI=1S/C58H68FN11O5/c1-36(2)69-35-61-49-33-48(63-53(52(49)69)62-47-9-5-4-8-45(47)59)39-10-13-44-50(30-39)70(42-31-41(32-42)65-22-6-3-7-23-65)56(74)58(44)20-28-66(29-21-58)55(73)38-18-26-68(27-19-38)57(75)67-24-16-37(17-25-67)46-14-11-40(34-60-46)43-12-15-51(71)64-54(43)72/h4-5,8-11,13-14,30,33-38,41-43H,3,6-7,12,15-29,31-32H2,1-2H3,(H,62,63)(H,64,71,72)/t41-,42+,43?. The molecule has 2 aromatic carbocycles. The summed E-state index contributed by atoms with van der Waals surface area (Å²) >= 11 is 0. The van der Waals surface area contributed by atoms with E-state index in [9.17, 15) is 19.2 Å². The average molecular weight is 1020 g/mol. The summed E-state index contributed by atoms with van der Waals surface area (Å²) in [5.41, 5.74) is 6.35. The Balaban J connectivity index is 0.712. The molecule has 17 heteroatoms. The first kappa shape index (κ1) is 49.1. The second kappa shape index (κ2) is 20.1. The fourth-order valence-electron chi connectivity index (χ4n) is 13.5. The van der Waals surface area contributed by atoms with Crippen LogP contribution in [0, 0.1) is 11.7 Å². The monoisotopic (exact) mass is 1020 g/mol. The normalized spacial score (nSPS) is 23.7. The van der Waals surface area contributed by atoms with E-state index in [4.69, 9.17) is 15.0 Å². The first-order valence-electron chi connectivity index (χ1n) is 27.7. The molecule has 12 rings (SSSR count). The number of anilines is 3. The Labute approximate surface area is 437 Å². The van der Waals surface area contributed by atoms with Gasteiger partial charge in [0.25, 0.3) is 0 Å². The number of aromatic nitrogens is 4. The molecule has 0 radical (unpaired) electrons. The van der Waals surface area contributed by atoms with Gasteiger partial charge >= 0.3 is 6.03 Å². The topological polar surface area (TPSA) is 169 Å². The zero-order chi connectivity index (χ0) is 51.5. The summed E-state index contributed by atoms with van der Waals surface area (Å²) < 4.78 is 17.2. The fourth-order valence-corrected chi connectivity index (χ4v) is 13.5. The Morgan fingerprint density at radius 3 is 2.21 bits per heavy atom.